The Balaban J connectivity index is 1.93. The maximum Gasteiger partial charge on any atom is 0.270 e. The van der Waals surface area contributed by atoms with E-state index < -0.39 is 6.04 Å². The largest absolute Gasteiger partial charge is 0.341 e. The van der Waals surface area contributed by atoms with Crippen molar-refractivity contribution in [3.63, 3.8) is 0 Å². The smallest absolute Gasteiger partial charge is 0.270 e. The van der Waals surface area contributed by atoms with E-state index in [9.17, 15) is 9.59 Å². The number of aromatic nitrogens is 2. The summed E-state index contributed by atoms with van der Waals surface area (Å²) in [6.07, 6.45) is 4.84. The van der Waals surface area contributed by atoms with Gasteiger partial charge in [-0.25, -0.2) is 0 Å². The summed E-state index contributed by atoms with van der Waals surface area (Å²) < 4.78 is 1.49. The first-order valence-corrected chi connectivity index (χ1v) is 6.67. The SMILES string of the molecule is CC(NC(=O)c1ccnn1C)C(=O)N1CCCCC1. The Labute approximate surface area is 112 Å². The number of carbonyl (C=O) groups excluding carboxylic acids is 2. The molecule has 1 N–H and O–H groups in total. The average Bonchev–Trinajstić information content (AvgIpc) is 2.85. The van der Waals surface area contributed by atoms with Gasteiger partial charge in [0.05, 0.1) is 0 Å². The molecule has 2 heterocycles. The van der Waals surface area contributed by atoms with Crippen LogP contribution in [-0.4, -0.2) is 45.6 Å². The average molecular weight is 264 g/mol. The van der Waals surface area contributed by atoms with Crippen LogP contribution in [0.2, 0.25) is 0 Å². The van der Waals surface area contributed by atoms with Gasteiger partial charge in [-0.1, -0.05) is 0 Å². The number of amides is 2. The van der Waals surface area contributed by atoms with Crippen molar-refractivity contribution in [1.29, 1.82) is 0 Å². The molecule has 0 saturated carbocycles. The second kappa shape index (κ2) is 5.86. The van der Waals surface area contributed by atoms with Gasteiger partial charge in [0, 0.05) is 26.3 Å². The lowest BCUT2D eigenvalue weighted by atomic mass is 10.1. The van der Waals surface area contributed by atoms with Crippen molar-refractivity contribution in [2.45, 2.75) is 32.2 Å². The monoisotopic (exact) mass is 264 g/mol. The fourth-order valence-electron chi connectivity index (χ4n) is 2.32. The lowest BCUT2D eigenvalue weighted by Crippen LogP contribution is -2.48. The molecule has 1 aromatic heterocycles. The predicted molar refractivity (Wildman–Crippen MR) is 70.6 cm³/mol. The number of likely N-dealkylation sites (tertiary alicyclic amines) is 1. The van der Waals surface area contributed by atoms with Gasteiger partial charge < -0.3 is 10.2 Å². The van der Waals surface area contributed by atoms with Crippen LogP contribution in [0.5, 0.6) is 0 Å². The van der Waals surface area contributed by atoms with Crippen molar-refractivity contribution in [1.82, 2.24) is 20.0 Å². The summed E-state index contributed by atoms with van der Waals surface area (Å²) in [6.45, 7) is 3.32. The van der Waals surface area contributed by atoms with Crippen LogP contribution in [0.3, 0.4) is 0 Å². The molecule has 1 unspecified atom stereocenters. The van der Waals surface area contributed by atoms with Crippen molar-refractivity contribution >= 4 is 11.8 Å². The highest BCUT2D eigenvalue weighted by Gasteiger charge is 2.24. The molecule has 1 fully saturated rings. The Hall–Kier alpha value is -1.85. The van der Waals surface area contributed by atoms with Crippen LogP contribution in [-0.2, 0) is 11.8 Å². The molecule has 1 aromatic rings. The van der Waals surface area contributed by atoms with Crippen molar-refractivity contribution in [2.75, 3.05) is 13.1 Å². The molecule has 0 aromatic carbocycles. The van der Waals surface area contributed by atoms with E-state index in [1.165, 1.54) is 11.1 Å². The topological polar surface area (TPSA) is 67.2 Å². The lowest BCUT2D eigenvalue weighted by molar-refractivity contribution is -0.133. The molecule has 1 saturated heterocycles. The van der Waals surface area contributed by atoms with Crippen LogP contribution in [0.25, 0.3) is 0 Å². The molecule has 1 atom stereocenters. The third-order valence-corrected chi connectivity index (χ3v) is 3.44. The van der Waals surface area contributed by atoms with E-state index in [1.54, 1.807) is 26.2 Å². The third-order valence-electron chi connectivity index (χ3n) is 3.44. The molecular formula is C13H20N4O2. The Morgan fingerprint density at radius 3 is 2.58 bits per heavy atom. The highest BCUT2D eigenvalue weighted by atomic mass is 16.2. The molecule has 0 bridgehead atoms. The minimum absolute atomic E-state index is 0.00443. The zero-order chi connectivity index (χ0) is 13.8. The minimum Gasteiger partial charge on any atom is -0.341 e. The summed E-state index contributed by atoms with van der Waals surface area (Å²) in [5.41, 5.74) is 0.457. The van der Waals surface area contributed by atoms with Gasteiger partial charge in [0.25, 0.3) is 5.91 Å². The summed E-state index contributed by atoms with van der Waals surface area (Å²) in [4.78, 5) is 26.0. The minimum atomic E-state index is -0.500. The number of aryl methyl sites for hydroxylation is 1. The van der Waals surface area contributed by atoms with E-state index in [0.29, 0.717) is 5.69 Å². The van der Waals surface area contributed by atoms with E-state index in [-0.39, 0.29) is 11.8 Å². The fourth-order valence-corrected chi connectivity index (χ4v) is 2.32. The Kier molecular flexibility index (Phi) is 4.19. The van der Waals surface area contributed by atoms with E-state index in [2.05, 4.69) is 10.4 Å². The Morgan fingerprint density at radius 1 is 1.32 bits per heavy atom. The van der Waals surface area contributed by atoms with Crippen LogP contribution < -0.4 is 5.32 Å². The van der Waals surface area contributed by atoms with Crippen molar-refractivity contribution in [3.05, 3.63) is 18.0 Å². The number of piperidine rings is 1. The molecular weight excluding hydrogens is 244 g/mol. The summed E-state index contributed by atoms with van der Waals surface area (Å²) in [7, 11) is 1.70. The number of hydrogen-bond acceptors (Lipinski definition) is 3. The van der Waals surface area contributed by atoms with E-state index in [4.69, 9.17) is 0 Å². The first-order chi connectivity index (χ1) is 9.09. The van der Waals surface area contributed by atoms with Crippen LogP contribution >= 0.6 is 0 Å². The molecule has 6 heteroatoms. The molecule has 19 heavy (non-hydrogen) atoms. The Bertz CT molecular complexity index is 463. The summed E-state index contributed by atoms with van der Waals surface area (Å²) in [5, 5.41) is 6.67. The normalized spacial score (nSPS) is 17.1. The predicted octanol–water partition coefficient (Wildman–Crippen LogP) is 0.551. The van der Waals surface area contributed by atoms with Crippen LogP contribution in [0, 0.1) is 0 Å². The third kappa shape index (κ3) is 3.13. The number of nitrogens with zero attached hydrogens (tertiary/aromatic N) is 3. The standard InChI is InChI=1S/C13H20N4O2/c1-10(13(19)17-8-4-3-5-9-17)15-12(18)11-6-7-14-16(11)2/h6-7,10H,3-5,8-9H2,1-2H3,(H,15,18). The first-order valence-electron chi connectivity index (χ1n) is 6.67. The van der Waals surface area contributed by atoms with Gasteiger partial charge in [0.1, 0.15) is 11.7 Å². The van der Waals surface area contributed by atoms with Crippen LogP contribution in [0.15, 0.2) is 12.3 Å². The number of carbonyl (C=O) groups is 2. The van der Waals surface area contributed by atoms with Crippen LogP contribution in [0.1, 0.15) is 36.7 Å². The number of hydrogen-bond donors (Lipinski definition) is 1. The number of nitrogens with one attached hydrogen (secondary N) is 1. The van der Waals surface area contributed by atoms with E-state index in [0.717, 1.165) is 25.9 Å². The van der Waals surface area contributed by atoms with Gasteiger partial charge in [-0.2, -0.15) is 5.10 Å². The highest BCUT2D eigenvalue weighted by molar-refractivity contribution is 5.96. The van der Waals surface area contributed by atoms with Gasteiger partial charge in [-0.05, 0) is 32.3 Å². The van der Waals surface area contributed by atoms with E-state index in [1.807, 2.05) is 4.90 Å². The summed E-state index contributed by atoms with van der Waals surface area (Å²) in [6, 6.07) is 1.13. The maximum absolute atomic E-state index is 12.2. The molecule has 0 radical (unpaired) electrons. The summed E-state index contributed by atoms with van der Waals surface area (Å²) >= 11 is 0. The van der Waals surface area contributed by atoms with Gasteiger partial charge >= 0.3 is 0 Å². The zero-order valence-electron chi connectivity index (χ0n) is 11.4. The van der Waals surface area contributed by atoms with Crippen molar-refractivity contribution in [2.24, 2.45) is 7.05 Å². The number of rotatable bonds is 3. The van der Waals surface area contributed by atoms with Gasteiger partial charge in [-0.3, -0.25) is 14.3 Å². The maximum atomic E-state index is 12.2. The molecule has 0 spiro atoms. The molecule has 2 amide bonds. The quantitative estimate of drug-likeness (QED) is 0.867. The van der Waals surface area contributed by atoms with Gasteiger partial charge in [-0.15, -0.1) is 0 Å². The second-order valence-electron chi connectivity index (χ2n) is 4.92. The molecule has 0 aliphatic carbocycles. The van der Waals surface area contributed by atoms with Gasteiger partial charge in [0.2, 0.25) is 5.91 Å². The lowest BCUT2D eigenvalue weighted by Gasteiger charge is -2.29. The van der Waals surface area contributed by atoms with Gasteiger partial charge in [0.15, 0.2) is 0 Å². The molecule has 104 valence electrons. The van der Waals surface area contributed by atoms with E-state index >= 15 is 0 Å². The first kappa shape index (κ1) is 13.6. The molecule has 1 aliphatic rings. The second-order valence-corrected chi connectivity index (χ2v) is 4.92. The zero-order valence-corrected chi connectivity index (χ0v) is 11.4. The Morgan fingerprint density at radius 2 is 2.00 bits per heavy atom. The molecule has 2 rings (SSSR count). The van der Waals surface area contributed by atoms with Crippen LogP contribution in [0.4, 0.5) is 0 Å². The fraction of sp³-hybridized carbons (Fsp3) is 0.615. The van der Waals surface area contributed by atoms with Crippen molar-refractivity contribution in [3.8, 4) is 0 Å². The highest BCUT2D eigenvalue weighted by Crippen LogP contribution is 2.10. The summed E-state index contributed by atoms with van der Waals surface area (Å²) in [5.74, 6) is -0.270. The molecule has 1 aliphatic heterocycles. The van der Waals surface area contributed by atoms with Crippen molar-refractivity contribution < 1.29 is 9.59 Å². The molecule has 6 nitrogen and oxygen atoms in total.